The van der Waals surface area contributed by atoms with Gasteiger partial charge in [0.25, 0.3) is 0 Å². The standard InChI is InChI=1S/C24H38N6O.C3H6.C2H6/c1-7-20(28(4)5)14-26-17(2)30-18(3)27-21(23(30)16-31)15-29(6)22-12-8-10-19-11-9-13-25-24(19)22;1-3-2;1-2/h9,11,13,20,22,26,31H,2,7-8,10,12,14-16H2,1,3-6H3;3H,1H2,2H3;1-2H3/t20?,22-;;/m0../s1. The first kappa shape index (κ1) is 31.5. The van der Waals surface area contributed by atoms with Crippen molar-refractivity contribution in [2.24, 2.45) is 0 Å². The van der Waals surface area contributed by atoms with E-state index in [0.29, 0.717) is 12.6 Å². The molecule has 2 atom stereocenters. The lowest BCUT2D eigenvalue weighted by molar-refractivity contribution is 0.203. The lowest BCUT2D eigenvalue weighted by atomic mass is 9.91. The number of aliphatic hydroxyl groups excluding tert-OH is 1. The summed E-state index contributed by atoms with van der Waals surface area (Å²) in [6.45, 7) is 19.0. The summed E-state index contributed by atoms with van der Waals surface area (Å²) in [5, 5.41) is 13.6. The molecule has 2 heterocycles. The predicted molar refractivity (Wildman–Crippen MR) is 153 cm³/mol. The molecule has 2 aromatic heterocycles. The maximum Gasteiger partial charge on any atom is 0.111 e. The number of nitrogens with one attached hydrogen (secondary N) is 1. The van der Waals surface area contributed by atoms with Crippen LogP contribution < -0.4 is 5.32 Å². The maximum absolute atomic E-state index is 10.2. The normalized spacial score (nSPS) is 15.2. The van der Waals surface area contributed by atoms with Crippen molar-refractivity contribution in [2.75, 3.05) is 27.7 Å². The van der Waals surface area contributed by atoms with E-state index in [4.69, 9.17) is 4.98 Å². The van der Waals surface area contributed by atoms with E-state index < -0.39 is 0 Å². The monoisotopic (exact) mass is 498 g/mol. The van der Waals surface area contributed by atoms with E-state index in [0.717, 1.165) is 48.8 Å². The van der Waals surface area contributed by atoms with Gasteiger partial charge in [0.1, 0.15) is 11.6 Å². The predicted octanol–water partition coefficient (Wildman–Crippen LogP) is 5.16. The molecule has 0 saturated heterocycles. The Morgan fingerprint density at radius 2 is 2.00 bits per heavy atom. The van der Waals surface area contributed by atoms with Gasteiger partial charge in [0.15, 0.2) is 0 Å². The summed E-state index contributed by atoms with van der Waals surface area (Å²) >= 11 is 0. The van der Waals surface area contributed by atoms with Gasteiger partial charge in [0.2, 0.25) is 0 Å². The zero-order valence-electron chi connectivity index (χ0n) is 24.0. The minimum Gasteiger partial charge on any atom is -0.390 e. The zero-order chi connectivity index (χ0) is 27.3. The number of aromatic nitrogens is 3. The fourth-order valence-corrected chi connectivity index (χ4v) is 4.65. The number of likely N-dealkylation sites (N-methyl/N-ethyl adjacent to an activating group) is 1. The van der Waals surface area contributed by atoms with Crippen LogP contribution in [0, 0.1) is 6.92 Å². The van der Waals surface area contributed by atoms with Crippen molar-refractivity contribution in [1.29, 1.82) is 0 Å². The zero-order valence-corrected chi connectivity index (χ0v) is 24.0. The Morgan fingerprint density at radius 3 is 2.58 bits per heavy atom. The minimum absolute atomic E-state index is 0.0743. The second-order valence-electron chi connectivity index (χ2n) is 9.18. The Morgan fingerprint density at radius 1 is 1.33 bits per heavy atom. The Kier molecular flexibility index (Phi) is 14.3. The molecule has 0 aromatic carbocycles. The van der Waals surface area contributed by atoms with Crippen LogP contribution in [0.5, 0.6) is 0 Å². The van der Waals surface area contributed by atoms with Crippen LogP contribution in [0.4, 0.5) is 0 Å². The molecular formula is C29H50N6O. The third-order valence-electron chi connectivity index (χ3n) is 6.48. The quantitative estimate of drug-likeness (QED) is 0.441. The molecule has 7 heteroatoms. The first-order valence-electron chi connectivity index (χ1n) is 13.3. The molecule has 0 aliphatic heterocycles. The van der Waals surface area contributed by atoms with Crippen molar-refractivity contribution in [3.8, 4) is 0 Å². The molecule has 0 saturated carbocycles. The molecule has 0 radical (unpaired) electrons. The highest BCUT2D eigenvalue weighted by molar-refractivity contribution is 5.44. The van der Waals surface area contributed by atoms with Gasteiger partial charge >= 0.3 is 0 Å². The van der Waals surface area contributed by atoms with Crippen molar-refractivity contribution in [1.82, 2.24) is 29.7 Å². The number of hydrogen-bond acceptors (Lipinski definition) is 6. The van der Waals surface area contributed by atoms with Gasteiger partial charge < -0.3 is 15.3 Å². The van der Waals surface area contributed by atoms with Crippen LogP contribution in [0.15, 0.2) is 37.6 Å². The van der Waals surface area contributed by atoms with Crippen molar-refractivity contribution < 1.29 is 5.11 Å². The largest absolute Gasteiger partial charge is 0.390 e. The fourth-order valence-electron chi connectivity index (χ4n) is 4.65. The van der Waals surface area contributed by atoms with Crippen LogP contribution in [0.3, 0.4) is 0 Å². The van der Waals surface area contributed by atoms with Crippen molar-refractivity contribution >= 4 is 5.82 Å². The van der Waals surface area contributed by atoms with Gasteiger partial charge in [-0.25, -0.2) is 4.98 Å². The summed E-state index contributed by atoms with van der Waals surface area (Å²) < 4.78 is 1.96. The molecule has 1 aliphatic rings. The number of pyridine rings is 1. The summed E-state index contributed by atoms with van der Waals surface area (Å²) in [7, 11) is 6.30. The SMILES string of the molecule is C=C(NCC(CC)N(C)C)n1c(C)nc(CN(C)[C@H]2CCCc3cccnc32)c1CO.C=CC.CC. The lowest BCUT2D eigenvalue weighted by Crippen LogP contribution is -2.37. The average molecular weight is 499 g/mol. The van der Waals surface area contributed by atoms with E-state index in [1.807, 2.05) is 44.5 Å². The number of hydrogen-bond donors (Lipinski definition) is 2. The molecule has 0 spiro atoms. The van der Waals surface area contributed by atoms with Crippen LogP contribution in [0.1, 0.15) is 81.5 Å². The number of rotatable bonds is 10. The summed E-state index contributed by atoms with van der Waals surface area (Å²) in [5.74, 6) is 1.60. The third kappa shape index (κ3) is 8.29. The van der Waals surface area contributed by atoms with E-state index in [-0.39, 0.29) is 12.6 Å². The van der Waals surface area contributed by atoms with Gasteiger partial charge in [0, 0.05) is 25.3 Å². The van der Waals surface area contributed by atoms with Crippen molar-refractivity contribution in [2.45, 2.75) is 85.5 Å². The fraction of sp³-hybridized carbons (Fsp3) is 0.586. The highest BCUT2D eigenvalue weighted by Crippen LogP contribution is 2.33. The average Bonchev–Trinajstić information content (AvgIpc) is 3.19. The molecular weight excluding hydrogens is 448 g/mol. The van der Waals surface area contributed by atoms with Gasteiger partial charge in [-0.1, -0.05) is 39.5 Å². The minimum atomic E-state index is -0.0743. The molecule has 2 aromatic rings. The van der Waals surface area contributed by atoms with Gasteiger partial charge in [-0.15, -0.1) is 6.58 Å². The van der Waals surface area contributed by atoms with E-state index >= 15 is 0 Å². The summed E-state index contributed by atoms with van der Waals surface area (Å²) in [6.07, 6.45) is 8.04. The van der Waals surface area contributed by atoms with Crippen LogP contribution in [-0.4, -0.2) is 63.2 Å². The van der Waals surface area contributed by atoms with E-state index in [1.54, 1.807) is 6.08 Å². The maximum atomic E-state index is 10.2. The van der Waals surface area contributed by atoms with Crippen molar-refractivity contribution in [3.05, 3.63) is 66.0 Å². The molecule has 1 aliphatic carbocycles. The number of aryl methyl sites for hydroxylation is 2. The number of fused-ring (bicyclic) bond motifs is 1. The summed E-state index contributed by atoms with van der Waals surface area (Å²) in [4.78, 5) is 14.0. The smallest absolute Gasteiger partial charge is 0.111 e. The molecule has 0 fully saturated rings. The van der Waals surface area contributed by atoms with Crippen LogP contribution >= 0.6 is 0 Å². The van der Waals surface area contributed by atoms with Gasteiger partial charge in [-0.3, -0.25) is 14.5 Å². The summed E-state index contributed by atoms with van der Waals surface area (Å²) in [5.41, 5.74) is 4.22. The highest BCUT2D eigenvalue weighted by atomic mass is 16.3. The number of allylic oxidation sites excluding steroid dienone is 1. The Bertz CT molecular complexity index is 936. The Hall–Kier alpha value is -2.48. The van der Waals surface area contributed by atoms with E-state index in [9.17, 15) is 5.11 Å². The Balaban J connectivity index is 0.00000120. The molecule has 1 unspecified atom stereocenters. The summed E-state index contributed by atoms with van der Waals surface area (Å²) in [6, 6.07) is 4.90. The van der Waals surface area contributed by atoms with E-state index in [1.165, 1.54) is 17.7 Å². The molecule has 0 bridgehead atoms. The molecule has 7 nitrogen and oxygen atoms in total. The van der Waals surface area contributed by atoms with E-state index in [2.05, 4.69) is 67.4 Å². The van der Waals surface area contributed by atoms with Gasteiger partial charge in [0.05, 0.1) is 29.7 Å². The molecule has 202 valence electrons. The molecule has 0 amide bonds. The molecule has 2 N–H and O–H groups in total. The van der Waals surface area contributed by atoms with Crippen LogP contribution in [0.25, 0.3) is 5.82 Å². The molecule has 3 rings (SSSR count). The van der Waals surface area contributed by atoms with Crippen LogP contribution in [0.2, 0.25) is 0 Å². The second-order valence-corrected chi connectivity index (χ2v) is 9.18. The van der Waals surface area contributed by atoms with Gasteiger partial charge in [-0.2, -0.15) is 0 Å². The first-order chi connectivity index (χ1) is 17.3. The Labute approximate surface area is 220 Å². The molecule has 36 heavy (non-hydrogen) atoms. The highest BCUT2D eigenvalue weighted by Gasteiger charge is 2.27. The number of aliphatic hydroxyl groups is 1. The first-order valence-corrected chi connectivity index (χ1v) is 13.3. The second kappa shape index (κ2) is 16.3. The number of nitrogens with zero attached hydrogens (tertiary/aromatic N) is 5. The van der Waals surface area contributed by atoms with Crippen molar-refractivity contribution in [3.63, 3.8) is 0 Å². The topological polar surface area (TPSA) is 69.5 Å². The van der Waals surface area contributed by atoms with Gasteiger partial charge in [-0.05, 0) is 72.3 Å². The lowest BCUT2D eigenvalue weighted by Gasteiger charge is -2.32. The third-order valence-corrected chi connectivity index (χ3v) is 6.48. The number of imidazole rings is 1. The van der Waals surface area contributed by atoms with Crippen LogP contribution in [-0.2, 0) is 19.6 Å².